The highest BCUT2D eigenvalue weighted by atomic mass is 15.2. The van der Waals surface area contributed by atoms with Gasteiger partial charge in [0.05, 0.1) is 11.4 Å². The molecule has 0 radical (unpaired) electrons. The van der Waals surface area contributed by atoms with Crippen molar-refractivity contribution in [2.24, 2.45) is 0 Å². The van der Waals surface area contributed by atoms with E-state index in [1.165, 1.54) is 38.5 Å². The summed E-state index contributed by atoms with van der Waals surface area (Å²) in [5.41, 5.74) is 2.27. The van der Waals surface area contributed by atoms with E-state index in [-0.39, 0.29) is 0 Å². The number of aromatic nitrogens is 3. The lowest BCUT2D eigenvalue weighted by molar-refractivity contribution is 0.650. The molecule has 0 spiro atoms. The molecule has 0 unspecified atom stereocenters. The van der Waals surface area contributed by atoms with Gasteiger partial charge in [-0.25, -0.2) is 4.98 Å². The molecule has 106 valence electrons. The van der Waals surface area contributed by atoms with E-state index in [2.05, 4.69) is 35.6 Å². The van der Waals surface area contributed by atoms with Gasteiger partial charge in [-0.2, -0.15) is 5.10 Å². The number of unbranched alkanes of at least 4 members (excludes halogenated alkanes) is 4. The summed E-state index contributed by atoms with van der Waals surface area (Å²) >= 11 is 0. The van der Waals surface area contributed by atoms with Crippen molar-refractivity contribution < 1.29 is 0 Å². The van der Waals surface area contributed by atoms with Gasteiger partial charge in [0.15, 0.2) is 5.82 Å². The van der Waals surface area contributed by atoms with Crippen molar-refractivity contribution in [2.45, 2.75) is 71.6 Å². The molecule has 0 fully saturated rings. The van der Waals surface area contributed by atoms with E-state index in [9.17, 15) is 0 Å². The second-order valence-corrected chi connectivity index (χ2v) is 5.03. The Hall–Kier alpha value is -1.25. The molecule has 0 aromatic carbocycles. The van der Waals surface area contributed by atoms with Crippen molar-refractivity contribution in [3.63, 3.8) is 0 Å². The molecule has 3 nitrogen and oxygen atoms in total. The normalized spacial score (nSPS) is 10.6. The fourth-order valence-electron chi connectivity index (χ4n) is 2.11. The van der Waals surface area contributed by atoms with Crippen LogP contribution in [0, 0.1) is 0 Å². The molecule has 1 aromatic rings. The number of rotatable bonds is 10. The molecule has 0 aliphatic heterocycles. The highest BCUT2D eigenvalue weighted by Gasteiger charge is 2.08. The summed E-state index contributed by atoms with van der Waals surface area (Å²) in [5.74, 6) is 0.806. The Morgan fingerprint density at radius 3 is 2.11 bits per heavy atom. The lowest BCUT2D eigenvalue weighted by Gasteiger charge is -2.08. The lowest BCUT2D eigenvalue weighted by atomic mass is 10.1. The van der Waals surface area contributed by atoms with E-state index < -0.39 is 0 Å². The number of aryl methyl sites for hydroxylation is 2. The van der Waals surface area contributed by atoms with Crippen LogP contribution in [0.3, 0.4) is 0 Å². The van der Waals surface area contributed by atoms with Crippen molar-refractivity contribution in [1.82, 2.24) is 15.2 Å². The van der Waals surface area contributed by atoms with E-state index in [1.807, 2.05) is 6.08 Å². The molecule has 1 aromatic heterocycles. The zero-order valence-electron chi connectivity index (χ0n) is 12.5. The Bertz CT molecular complexity index is 374. The lowest BCUT2D eigenvalue weighted by Crippen LogP contribution is -2.08. The summed E-state index contributed by atoms with van der Waals surface area (Å²) in [5, 5.41) is 8.59. The van der Waals surface area contributed by atoms with Crippen molar-refractivity contribution in [3.8, 4) is 0 Å². The van der Waals surface area contributed by atoms with E-state index in [1.54, 1.807) is 0 Å². The molecule has 0 aliphatic rings. The molecule has 0 bridgehead atoms. The van der Waals surface area contributed by atoms with E-state index >= 15 is 0 Å². The van der Waals surface area contributed by atoms with Gasteiger partial charge in [-0.1, -0.05) is 45.6 Å². The van der Waals surface area contributed by atoms with Crippen LogP contribution in [0.5, 0.6) is 0 Å². The van der Waals surface area contributed by atoms with Gasteiger partial charge in [0.25, 0.3) is 0 Å². The van der Waals surface area contributed by atoms with E-state index in [0.29, 0.717) is 6.42 Å². The van der Waals surface area contributed by atoms with Crippen molar-refractivity contribution >= 4 is 0 Å². The molecule has 0 N–H and O–H groups in total. The van der Waals surface area contributed by atoms with Crippen molar-refractivity contribution in [3.05, 3.63) is 29.9 Å². The van der Waals surface area contributed by atoms with Crippen LogP contribution in [0.2, 0.25) is 0 Å². The smallest absolute Gasteiger partial charge is 0.154 e. The largest absolute Gasteiger partial charge is 0.234 e. The average Bonchev–Trinajstić information content (AvgIpc) is 2.42. The van der Waals surface area contributed by atoms with Gasteiger partial charge in [0, 0.05) is 6.42 Å². The zero-order valence-corrected chi connectivity index (χ0v) is 12.5. The van der Waals surface area contributed by atoms with Crippen molar-refractivity contribution in [2.75, 3.05) is 0 Å². The number of hydrogen-bond donors (Lipinski definition) is 0. The van der Waals surface area contributed by atoms with Gasteiger partial charge < -0.3 is 0 Å². The summed E-state index contributed by atoms with van der Waals surface area (Å²) in [4.78, 5) is 4.67. The number of hydrogen-bond acceptors (Lipinski definition) is 3. The third kappa shape index (κ3) is 5.95. The van der Waals surface area contributed by atoms with Gasteiger partial charge in [0.1, 0.15) is 0 Å². The summed E-state index contributed by atoms with van der Waals surface area (Å²) in [7, 11) is 0. The maximum atomic E-state index is 4.67. The Kier molecular flexibility index (Phi) is 8.03. The molecule has 0 saturated carbocycles. The SMILES string of the molecule is C=CCc1nnc(CCCCC)c(CCCCC)n1. The Labute approximate surface area is 117 Å². The first-order chi connectivity index (χ1) is 9.31. The van der Waals surface area contributed by atoms with Gasteiger partial charge >= 0.3 is 0 Å². The fourth-order valence-corrected chi connectivity index (χ4v) is 2.11. The van der Waals surface area contributed by atoms with Crippen LogP contribution in [0.4, 0.5) is 0 Å². The van der Waals surface area contributed by atoms with Crippen LogP contribution < -0.4 is 0 Å². The summed E-state index contributed by atoms with van der Waals surface area (Å²) < 4.78 is 0. The zero-order chi connectivity index (χ0) is 13.9. The highest BCUT2D eigenvalue weighted by Crippen LogP contribution is 2.12. The minimum absolute atomic E-state index is 0.711. The number of nitrogens with zero attached hydrogens (tertiary/aromatic N) is 3. The third-order valence-corrected chi connectivity index (χ3v) is 3.24. The minimum Gasteiger partial charge on any atom is -0.234 e. The predicted octanol–water partition coefficient (Wildman–Crippen LogP) is 4.07. The molecular formula is C16H27N3. The molecule has 0 amide bonds. The first kappa shape index (κ1) is 15.8. The van der Waals surface area contributed by atoms with Gasteiger partial charge in [-0.3, -0.25) is 0 Å². The van der Waals surface area contributed by atoms with Crippen LogP contribution in [0.25, 0.3) is 0 Å². The first-order valence-corrected chi connectivity index (χ1v) is 7.64. The summed E-state index contributed by atoms with van der Waals surface area (Å²) in [6.45, 7) is 8.18. The first-order valence-electron chi connectivity index (χ1n) is 7.64. The van der Waals surface area contributed by atoms with Crippen LogP contribution >= 0.6 is 0 Å². The standard InChI is InChI=1S/C16H27N3/c1-4-7-9-12-14-15(13-10-8-5-2)18-19-16(17-14)11-6-3/h6H,3-5,7-13H2,1-2H3. The number of allylic oxidation sites excluding steroid dienone is 1. The van der Waals surface area contributed by atoms with E-state index in [4.69, 9.17) is 0 Å². The molecule has 1 rings (SSSR count). The second-order valence-electron chi connectivity index (χ2n) is 5.03. The van der Waals surface area contributed by atoms with Crippen LogP contribution in [-0.4, -0.2) is 15.2 Å². The second kappa shape index (κ2) is 9.65. The van der Waals surface area contributed by atoms with Crippen LogP contribution in [0.1, 0.15) is 69.6 Å². The fraction of sp³-hybridized carbons (Fsp3) is 0.688. The van der Waals surface area contributed by atoms with Gasteiger partial charge in [-0.05, 0) is 25.7 Å². The molecule has 19 heavy (non-hydrogen) atoms. The molecule has 0 aliphatic carbocycles. The Morgan fingerprint density at radius 2 is 1.53 bits per heavy atom. The summed E-state index contributed by atoms with van der Waals surface area (Å²) in [6, 6.07) is 0. The minimum atomic E-state index is 0.711. The molecule has 0 saturated heterocycles. The molecule has 1 heterocycles. The third-order valence-electron chi connectivity index (χ3n) is 3.24. The Balaban J connectivity index is 2.71. The highest BCUT2D eigenvalue weighted by molar-refractivity contribution is 5.11. The molecule has 3 heteroatoms. The topological polar surface area (TPSA) is 38.7 Å². The van der Waals surface area contributed by atoms with Gasteiger partial charge in [-0.15, -0.1) is 11.7 Å². The van der Waals surface area contributed by atoms with Crippen LogP contribution in [-0.2, 0) is 19.3 Å². The molecular weight excluding hydrogens is 234 g/mol. The van der Waals surface area contributed by atoms with E-state index in [0.717, 1.165) is 30.1 Å². The average molecular weight is 261 g/mol. The summed E-state index contributed by atoms with van der Waals surface area (Å²) in [6.07, 6.45) is 12.0. The van der Waals surface area contributed by atoms with Gasteiger partial charge in [0.2, 0.25) is 0 Å². The monoisotopic (exact) mass is 261 g/mol. The maximum Gasteiger partial charge on any atom is 0.154 e. The predicted molar refractivity (Wildman–Crippen MR) is 80.2 cm³/mol. The van der Waals surface area contributed by atoms with Crippen LogP contribution in [0.15, 0.2) is 12.7 Å². The molecule has 0 atom stereocenters. The maximum absolute atomic E-state index is 4.67. The quantitative estimate of drug-likeness (QED) is 0.471. The van der Waals surface area contributed by atoms with Crippen molar-refractivity contribution in [1.29, 1.82) is 0 Å². The Morgan fingerprint density at radius 1 is 0.895 bits per heavy atom.